The molecule has 0 aliphatic rings. The predicted molar refractivity (Wildman–Crippen MR) is 197 cm³/mol. The first-order valence-electron chi connectivity index (χ1n) is 19.7. The number of carboxylic acids is 2. The van der Waals surface area contributed by atoms with Crippen molar-refractivity contribution in [1.82, 2.24) is 0 Å². The van der Waals surface area contributed by atoms with Gasteiger partial charge in [0.25, 0.3) is 0 Å². The zero-order valence-electron chi connectivity index (χ0n) is 30.8. The minimum absolute atomic E-state index is 0.162. The van der Waals surface area contributed by atoms with Crippen molar-refractivity contribution in [2.45, 2.75) is 232 Å². The van der Waals surface area contributed by atoms with Gasteiger partial charge in [-0.1, -0.05) is 194 Å². The molecular formula is C39H82N2O4. The summed E-state index contributed by atoms with van der Waals surface area (Å²) in [6, 6.07) is 0.162. The standard InChI is InChI=1S/2C18H36O2.C3H10N2/c2*1-2-3-4-5-6-7-8-9-10-11-12-13-14-15-16-17-18(19)20;1-3(5)2-4/h2*2-17H2,1H3,(H,19,20);3H,2,4-5H2,1H3. The van der Waals surface area contributed by atoms with Gasteiger partial charge in [-0.05, 0) is 19.8 Å². The van der Waals surface area contributed by atoms with E-state index in [0.717, 1.165) is 25.7 Å². The first-order chi connectivity index (χ1) is 21.8. The molecular weight excluding hydrogens is 560 g/mol. The first kappa shape index (κ1) is 48.3. The largest absolute Gasteiger partial charge is 0.481 e. The van der Waals surface area contributed by atoms with E-state index in [-0.39, 0.29) is 6.04 Å². The second-order valence-electron chi connectivity index (χ2n) is 13.4. The van der Waals surface area contributed by atoms with Gasteiger partial charge in [-0.3, -0.25) is 9.59 Å². The highest BCUT2D eigenvalue weighted by Gasteiger charge is 1.98. The third-order valence-electron chi connectivity index (χ3n) is 8.36. The summed E-state index contributed by atoms with van der Waals surface area (Å²) in [5, 5.41) is 17.0. The van der Waals surface area contributed by atoms with Crippen LogP contribution in [0.2, 0.25) is 0 Å². The van der Waals surface area contributed by atoms with Crippen molar-refractivity contribution in [2.75, 3.05) is 6.54 Å². The summed E-state index contributed by atoms with van der Waals surface area (Å²) in [6.07, 6.45) is 40.4. The number of aliphatic carboxylic acids is 2. The molecule has 0 aliphatic carbocycles. The third kappa shape index (κ3) is 58.9. The topological polar surface area (TPSA) is 127 Å². The average Bonchev–Trinajstić information content (AvgIpc) is 3.01. The molecule has 0 aliphatic heterocycles. The summed E-state index contributed by atoms with van der Waals surface area (Å²) >= 11 is 0. The Morgan fingerprint density at radius 3 is 0.711 bits per heavy atom. The van der Waals surface area contributed by atoms with Gasteiger partial charge in [0.1, 0.15) is 0 Å². The fourth-order valence-corrected chi connectivity index (χ4v) is 5.30. The first-order valence-corrected chi connectivity index (χ1v) is 19.7. The Morgan fingerprint density at radius 2 is 0.578 bits per heavy atom. The van der Waals surface area contributed by atoms with E-state index in [1.165, 1.54) is 167 Å². The zero-order chi connectivity index (χ0) is 34.1. The summed E-state index contributed by atoms with van der Waals surface area (Å²) in [5.41, 5.74) is 10.2. The van der Waals surface area contributed by atoms with E-state index >= 15 is 0 Å². The average molecular weight is 643 g/mol. The number of hydrogen-bond acceptors (Lipinski definition) is 4. The van der Waals surface area contributed by atoms with Crippen LogP contribution in [0.4, 0.5) is 0 Å². The lowest BCUT2D eigenvalue weighted by molar-refractivity contribution is -0.138. The Morgan fingerprint density at radius 1 is 0.422 bits per heavy atom. The maximum Gasteiger partial charge on any atom is 0.303 e. The van der Waals surface area contributed by atoms with Gasteiger partial charge in [-0.25, -0.2) is 0 Å². The van der Waals surface area contributed by atoms with Crippen LogP contribution in [0.15, 0.2) is 0 Å². The molecule has 0 heterocycles. The van der Waals surface area contributed by atoms with Crippen LogP contribution in [0, 0.1) is 0 Å². The lowest BCUT2D eigenvalue weighted by Crippen LogP contribution is -2.25. The monoisotopic (exact) mass is 643 g/mol. The minimum atomic E-state index is -0.653. The molecule has 0 aromatic rings. The van der Waals surface area contributed by atoms with Gasteiger partial charge < -0.3 is 21.7 Å². The van der Waals surface area contributed by atoms with E-state index in [0.29, 0.717) is 19.4 Å². The normalized spacial score (nSPS) is 11.3. The minimum Gasteiger partial charge on any atom is -0.481 e. The number of hydrogen-bond donors (Lipinski definition) is 4. The summed E-state index contributed by atoms with van der Waals surface area (Å²) in [7, 11) is 0. The van der Waals surface area contributed by atoms with Crippen LogP contribution in [-0.4, -0.2) is 34.7 Å². The summed E-state index contributed by atoms with van der Waals surface area (Å²) in [5.74, 6) is -1.31. The molecule has 0 aromatic heterocycles. The smallest absolute Gasteiger partial charge is 0.303 e. The Bertz CT molecular complexity index is 513. The molecule has 272 valence electrons. The second kappa shape index (κ2) is 45.0. The molecule has 6 N–H and O–H groups in total. The van der Waals surface area contributed by atoms with Gasteiger partial charge >= 0.3 is 11.9 Å². The highest BCUT2D eigenvalue weighted by molar-refractivity contribution is 5.66. The van der Waals surface area contributed by atoms with Crippen LogP contribution in [0.3, 0.4) is 0 Å². The fraction of sp³-hybridized carbons (Fsp3) is 0.949. The zero-order valence-corrected chi connectivity index (χ0v) is 30.8. The van der Waals surface area contributed by atoms with Crippen LogP contribution in [0.25, 0.3) is 0 Å². The summed E-state index contributed by atoms with van der Waals surface area (Å²) in [6.45, 7) is 7.00. The van der Waals surface area contributed by atoms with Crippen LogP contribution < -0.4 is 11.5 Å². The van der Waals surface area contributed by atoms with Crippen LogP contribution in [0.1, 0.15) is 226 Å². The Hall–Kier alpha value is -1.14. The third-order valence-corrected chi connectivity index (χ3v) is 8.36. The SMILES string of the molecule is CC(N)CN.CCCCCCCCCCCCCCCCCC(=O)O.CCCCCCCCCCCCCCCCCC(=O)O. The lowest BCUT2D eigenvalue weighted by atomic mass is 10.0. The number of carboxylic acid groups (broad SMARTS) is 2. The van der Waals surface area contributed by atoms with E-state index in [9.17, 15) is 9.59 Å². The lowest BCUT2D eigenvalue weighted by Gasteiger charge is -2.03. The van der Waals surface area contributed by atoms with E-state index in [1.54, 1.807) is 0 Å². The van der Waals surface area contributed by atoms with Crippen molar-refractivity contribution in [1.29, 1.82) is 0 Å². The highest BCUT2D eigenvalue weighted by Crippen LogP contribution is 2.15. The molecule has 0 bridgehead atoms. The highest BCUT2D eigenvalue weighted by atomic mass is 16.4. The molecule has 6 heteroatoms. The fourth-order valence-electron chi connectivity index (χ4n) is 5.30. The van der Waals surface area contributed by atoms with E-state index in [4.69, 9.17) is 21.7 Å². The molecule has 0 radical (unpaired) electrons. The van der Waals surface area contributed by atoms with Crippen molar-refractivity contribution in [2.24, 2.45) is 11.5 Å². The van der Waals surface area contributed by atoms with Crippen molar-refractivity contribution in [3.05, 3.63) is 0 Å². The van der Waals surface area contributed by atoms with Crippen molar-refractivity contribution in [3.63, 3.8) is 0 Å². The number of rotatable bonds is 33. The molecule has 1 unspecified atom stereocenters. The van der Waals surface area contributed by atoms with Crippen LogP contribution in [0.5, 0.6) is 0 Å². The molecule has 0 aromatic carbocycles. The maximum absolute atomic E-state index is 10.3. The molecule has 0 amide bonds. The molecule has 45 heavy (non-hydrogen) atoms. The van der Waals surface area contributed by atoms with Crippen molar-refractivity contribution in [3.8, 4) is 0 Å². The van der Waals surface area contributed by atoms with Crippen LogP contribution in [-0.2, 0) is 9.59 Å². The molecule has 0 saturated heterocycles. The van der Waals surface area contributed by atoms with Gasteiger partial charge in [0.15, 0.2) is 0 Å². The van der Waals surface area contributed by atoms with E-state index < -0.39 is 11.9 Å². The predicted octanol–water partition coefficient (Wildman–Crippen LogP) is 12.0. The quantitative estimate of drug-likeness (QED) is 0.0527. The Labute approximate surface area is 281 Å². The molecule has 0 spiro atoms. The van der Waals surface area contributed by atoms with E-state index in [2.05, 4.69) is 13.8 Å². The molecule has 6 nitrogen and oxygen atoms in total. The number of nitrogens with two attached hydrogens (primary N) is 2. The molecule has 1 atom stereocenters. The van der Waals surface area contributed by atoms with Crippen molar-refractivity contribution >= 4 is 11.9 Å². The van der Waals surface area contributed by atoms with Crippen molar-refractivity contribution < 1.29 is 19.8 Å². The molecule has 0 fully saturated rings. The summed E-state index contributed by atoms with van der Waals surface area (Å²) < 4.78 is 0. The Balaban J connectivity index is -0.000000680. The maximum atomic E-state index is 10.3. The van der Waals surface area contributed by atoms with Crippen LogP contribution >= 0.6 is 0 Å². The summed E-state index contributed by atoms with van der Waals surface area (Å²) in [4.78, 5) is 20.7. The van der Waals surface area contributed by atoms with Gasteiger partial charge in [-0.15, -0.1) is 0 Å². The number of carbonyl (C=O) groups is 2. The van der Waals surface area contributed by atoms with Gasteiger partial charge in [0, 0.05) is 25.4 Å². The second-order valence-corrected chi connectivity index (χ2v) is 13.4. The molecule has 0 saturated carbocycles. The van der Waals surface area contributed by atoms with Gasteiger partial charge in [0.05, 0.1) is 0 Å². The van der Waals surface area contributed by atoms with Gasteiger partial charge in [0.2, 0.25) is 0 Å². The molecule has 0 rings (SSSR count). The van der Waals surface area contributed by atoms with E-state index in [1.807, 2.05) is 6.92 Å². The Kier molecular flexibility index (Phi) is 48.2. The number of unbranched alkanes of at least 4 members (excludes halogenated alkanes) is 28. The van der Waals surface area contributed by atoms with Gasteiger partial charge in [-0.2, -0.15) is 0 Å².